The van der Waals surface area contributed by atoms with Gasteiger partial charge in [0.1, 0.15) is 5.60 Å². The number of halogens is 1. The second kappa shape index (κ2) is 12.8. The van der Waals surface area contributed by atoms with Gasteiger partial charge in [0.05, 0.1) is 36.4 Å². The molecule has 1 aliphatic heterocycles. The fraction of sp³-hybridized carbons (Fsp3) is 0.588. The Morgan fingerprint density at radius 3 is 2.71 bits per heavy atom. The van der Waals surface area contributed by atoms with Crippen molar-refractivity contribution in [2.75, 3.05) is 18.1 Å². The molecule has 1 N–H and O–H groups in total. The van der Waals surface area contributed by atoms with E-state index in [9.17, 15) is 15.2 Å². The van der Waals surface area contributed by atoms with Crippen LogP contribution in [-0.4, -0.2) is 34.2 Å². The summed E-state index contributed by atoms with van der Waals surface area (Å²) in [5.41, 5.74) is 1.82. The van der Waals surface area contributed by atoms with Crippen LogP contribution >= 0.6 is 0 Å². The van der Waals surface area contributed by atoms with E-state index < -0.39 is 11.0 Å². The first-order valence-electron chi connectivity index (χ1n) is 15.1. The number of amides is 1. The molecule has 0 bridgehead atoms. The standard InChI is InChI=1S/C34H45FN4O2/c1-5-6-8-26(11-12-28-17-27(19-36)10-9-25(28)2)18-34(23-35)15-7-14-33(22-34)16-13-31(40)39(24-33)30-21-37-29(20-38-30)32(3,4)41/h6,8-10,17,20-21,26,41H,5,7,11-16,18,22-24H2,1-4H3/b8-6-/t26?,33-,34-/m0/s1. The topological polar surface area (TPSA) is 90.1 Å². The smallest absolute Gasteiger partial charge is 0.228 e. The normalized spacial score (nSPS) is 24.1. The molecule has 7 heteroatoms. The maximum atomic E-state index is 15.1. The van der Waals surface area contributed by atoms with Gasteiger partial charge in [-0.1, -0.05) is 31.6 Å². The molecule has 3 atom stereocenters. The lowest BCUT2D eigenvalue weighted by molar-refractivity contribution is -0.122. The van der Waals surface area contributed by atoms with Gasteiger partial charge in [-0.05, 0) is 112 Å². The van der Waals surface area contributed by atoms with E-state index in [1.807, 2.05) is 18.2 Å². The summed E-state index contributed by atoms with van der Waals surface area (Å²) in [6.45, 7) is 7.69. The van der Waals surface area contributed by atoms with E-state index in [0.717, 1.165) is 57.8 Å². The van der Waals surface area contributed by atoms with Gasteiger partial charge in [0.2, 0.25) is 5.91 Å². The van der Waals surface area contributed by atoms with Crippen LogP contribution in [0.5, 0.6) is 0 Å². The summed E-state index contributed by atoms with van der Waals surface area (Å²) in [7, 11) is 0. The summed E-state index contributed by atoms with van der Waals surface area (Å²) >= 11 is 0. The van der Waals surface area contributed by atoms with Gasteiger partial charge in [0.25, 0.3) is 0 Å². The number of nitriles is 1. The third-order valence-corrected chi connectivity index (χ3v) is 9.25. The summed E-state index contributed by atoms with van der Waals surface area (Å²) in [5, 5.41) is 19.6. The number of aryl methyl sites for hydroxylation is 2. The molecule has 2 aliphatic rings. The van der Waals surface area contributed by atoms with Crippen molar-refractivity contribution in [3.05, 3.63) is 65.1 Å². The predicted molar refractivity (Wildman–Crippen MR) is 160 cm³/mol. The minimum Gasteiger partial charge on any atom is -0.384 e. The number of benzene rings is 1. The van der Waals surface area contributed by atoms with E-state index in [0.29, 0.717) is 30.0 Å². The van der Waals surface area contributed by atoms with E-state index >= 15 is 4.39 Å². The van der Waals surface area contributed by atoms with Crippen molar-refractivity contribution < 1.29 is 14.3 Å². The van der Waals surface area contributed by atoms with Crippen molar-refractivity contribution in [2.24, 2.45) is 16.7 Å². The number of alkyl halides is 1. The molecule has 1 aromatic carbocycles. The Kier molecular flexibility index (Phi) is 9.64. The van der Waals surface area contributed by atoms with Crippen molar-refractivity contribution in [2.45, 2.75) is 97.5 Å². The Hall–Kier alpha value is -3.11. The lowest BCUT2D eigenvalue weighted by Crippen LogP contribution is -2.51. The maximum absolute atomic E-state index is 15.1. The number of aliphatic hydroxyl groups is 1. The molecule has 4 rings (SSSR count). The zero-order valence-electron chi connectivity index (χ0n) is 25.1. The molecule has 6 nitrogen and oxygen atoms in total. The third kappa shape index (κ3) is 7.40. The number of hydrogen-bond donors (Lipinski definition) is 1. The van der Waals surface area contributed by atoms with Crippen molar-refractivity contribution in [1.29, 1.82) is 5.26 Å². The molecule has 220 valence electrons. The van der Waals surface area contributed by atoms with E-state index in [-0.39, 0.29) is 23.9 Å². The van der Waals surface area contributed by atoms with Crippen LogP contribution < -0.4 is 4.90 Å². The molecule has 41 heavy (non-hydrogen) atoms. The van der Waals surface area contributed by atoms with Gasteiger partial charge in [0.15, 0.2) is 5.82 Å². The third-order valence-electron chi connectivity index (χ3n) is 9.25. The Bertz CT molecular complexity index is 1280. The number of piperidine rings is 1. The highest BCUT2D eigenvalue weighted by molar-refractivity contribution is 5.93. The highest BCUT2D eigenvalue weighted by Crippen LogP contribution is 2.54. The first-order chi connectivity index (χ1) is 19.5. The van der Waals surface area contributed by atoms with E-state index in [2.05, 4.69) is 42.0 Å². The fourth-order valence-corrected chi connectivity index (χ4v) is 7.00. The van der Waals surface area contributed by atoms with Crippen LogP contribution in [0.25, 0.3) is 0 Å². The van der Waals surface area contributed by atoms with Crippen molar-refractivity contribution in [3.63, 3.8) is 0 Å². The molecule has 1 saturated heterocycles. The lowest BCUT2D eigenvalue weighted by Gasteiger charge is -2.51. The molecular weight excluding hydrogens is 515 g/mol. The molecule has 1 unspecified atom stereocenters. The van der Waals surface area contributed by atoms with Crippen molar-refractivity contribution >= 4 is 11.7 Å². The molecule has 0 radical (unpaired) electrons. The van der Waals surface area contributed by atoms with Gasteiger partial charge in [0, 0.05) is 13.0 Å². The molecule has 2 fully saturated rings. The van der Waals surface area contributed by atoms with E-state index in [1.165, 1.54) is 17.3 Å². The number of carbonyl (C=O) groups is 1. The first kappa shape index (κ1) is 30.8. The molecule has 1 amide bonds. The largest absolute Gasteiger partial charge is 0.384 e. The van der Waals surface area contributed by atoms with Gasteiger partial charge in [-0.15, -0.1) is 0 Å². The van der Waals surface area contributed by atoms with Crippen molar-refractivity contribution in [1.82, 2.24) is 9.97 Å². The lowest BCUT2D eigenvalue weighted by atomic mass is 9.57. The molecule has 1 saturated carbocycles. The number of nitrogens with zero attached hydrogens (tertiary/aromatic N) is 4. The first-order valence-corrected chi connectivity index (χ1v) is 15.1. The van der Waals surface area contributed by atoms with Gasteiger partial charge >= 0.3 is 0 Å². The molecule has 1 aromatic heterocycles. The molecule has 1 spiro atoms. The van der Waals surface area contributed by atoms with Crippen LogP contribution in [0, 0.1) is 35.0 Å². The Morgan fingerprint density at radius 1 is 1.24 bits per heavy atom. The number of hydrogen-bond acceptors (Lipinski definition) is 5. The number of anilines is 1. The summed E-state index contributed by atoms with van der Waals surface area (Å²) in [5.74, 6) is 0.765. The van der Waals surface area contributed by atoms with Gasteiger partial charge in [-0.2, -0.15) is 5.26 Å². The average molecular weight is 561 g/mol. The fourth-order valence-electron chi connectivity index (χ4n) is 7.00. The van der Waals surface area contributed by atoms with Gasteiger partial charge in [-0.3, -0.25) is 19.1 Å². The summed E-state index contributed by atoms with van der Waals surface area (Å²) in [6.07, 6.45) is 15.8. The summed E-state index contributed by atoms with van der Waals surface area (Å²) in [4.78, 5) is 23.6. The highest BCUT2D eigenvalue weighted by Gasteiger charge is 2.49. The zero-order valence-corrected chi connectivity index (χ0v) is 25.1. The van der Waals surface area contributed by atoms with Crippen LogP contribution in [0.4, 0.5) is 10.2 Å². The van der Waals surface area contributed by atoms with Gasteiger partial charge < -0.3 is 5.11 Å². The molecule has 1 aliphatic carbocycles. The zero-order chi connectivity index (χ0) is 29.7. The van der Waals surface area contributed by atoms with E-state index in [1.54, 1.807) is 24.9 Å². The summed E-state index contributed by atoms with van der Waals surface area (Å²) < 4.78 is 15.1. The monoisotopic (exact) mass is 560 g/mol. The minimum atomic E-state index is -1.11. The van der Waals surface area contributed by atoms with Crippen molar-refractivity contribution in [3.8, 4) is 6.07 Å². The predicted octanol–water partition coefficient (Wildman–Crippen LogP) is 7.13. The SMILES string of the molecule is CC/C=C\C(CCc1cc(C#N)ccc1C)C[C@@]1(CF)CCC[C@]2(CCC(=O)N(c3cnc(C(C)(C)O)cn3)C2)C1. The Morgan fingerprint density at radius 2 is 2.05 bits per heavy atom. The number of allylic oxidation sites excluding steroid dienone is 2. The van der Waals surface area contributed by atoms with Crippen LogP contribution in [0.2, 0.25) is 0 Å². The van der Waals surface area contributed by atoms with Crippen LogP contribution in [0.1, 0.15) is 101 Å². The number of carbonyl (C=O) groups excluding carboxylic acids is 1. The van der Waals surface area contributed by atoms with Crippen LogP contribution in [-0.2, 0) is 16.8 Å². The summed E-state index contributed by atoms with van der Waals surface area (Å²) in [6, 6.07) is 8.10. The maximum Gasteiger partial charge on any atom is 0.228 e. The second-order valence-electron chi connectivity index (χ2n) is 13.1. The Balaban J connectivity index is 1.52. The minimum absolute atomic E-state index is 0.0241. The highest BCUT2D eigenvalue weighted by atomic mass is 19.1. The van der Waals surface area contributed by atoms with E-state index in [4.69, 9.17) is 0 Å². The average Bonchev–Trinajstić information content (AvgIpc) is 2.96. The molecular formula is C34H45FN4O2. The quantitative estimate of drug-likeness (QED) is 0.312. The van der Waals surface area contributed by atoms with Crippen LogP contribution in [0.15, 0.2) is 42.7 Å². The van der Waals surface area contributed by atoms with Crippen LogP contribution in [0.3, 0.4) is 0 Å². The molecule has 2 aromatic rings. The number of rotatable bonds is 10. The Labute approximate surface area is 244 Å². The second-order valence-corrected chi connectivity index (χ2v) is 13.1. The number of aromatic nitrogens is 2. The van der Waals surface area contributed by atoms with Gasteiger partial charge in [-0.25, -0.2) is 4.98 Å². The molecule has 2 heterocycles.